The fourth-order valence-electron chi connectivity index (χ4n) is 7.01. The normalized spacial score (nSPS) is 20.9. The first-order valence-electron chi connectivity index (χ1n) is 15.9. The number of benzene rings is 3. The fraction of sp³-hybridized carbons (Fsp3) is 0.405. The van der Waals surface area contributed by atoms with E-state index < -0.39 is 0 Å². The lowest BCUT2D eigenvalue weighted by atomic mass is 9.79. The number of rotatable bonds is 9. The molecule has 1 saturated carbocycles. The van der Waals surface area contributed by atoms with E-state index in [9.17, 15) is 9.59 Å². The minimum atomic E-state index is -0.221. The van der Waals surface area contributed by atoms with Gasteiger partial charge in [-0.2, -0.15) is 0 Å². The molecule has 6 rings (SSSR count). The maximum atomic E-state index is 13.4. The number of halogens is 1. The molecule has 0 aromatic heterocycles. The molecule has 3 aromatic carbocycles. The Kier molecular flexibility index (Phi) is 9.60. The Labute approximate surface area is 260 Å². The molecule has 6 heteroatoms. The second-order valence-electron chi connectivity index (χ2n) is 12.4. The summed E-state index contributed by atoms with van der Waals surface area (Å²) in [6, 6.07) is 24.8. The highest BCUT2D eigenvalue weighted by Crippen LogP contribution is 2.37. The van der Waals surface area contributed by atoms with E-state index in [2.05, 4.69) is 77.4 Å². The first kappa shape index (κ1) is 29.7. The summed E-state index contributed by atoms with van der Waals surface area (Å²) in [5.74, 6) is 0.882. The number of hydrogen-bond donors (Lipinski definition) is 2. The average molecular weight is 596 g/mol. The number of amides is 2. The van der Waals surface area contributed by atoms with Crippen molar-refractivity contribution in [2.45, 2.75) is 88.9 Å². The van der Waals surface area contributed by atoms with Crippen LogP contribution in [0.1, 0.15) is 78.7 Å². The van der Waals surface area contributed by atoms with E-state index in [-0.39, 0.29) is 23.9 Å². The van der Waals surface area contributed by atoms with Crippen molar-refractivity contribution >= 4 is 23.4 Å². The molecule has 3 aromatic rings. The van der Waals surface area contributed by atoms with E-state index in [1.807, 2.05) is 17.0 Å². The van der Waals surface area contributed by atoms with Crippen molar-refractivity contribution in [3.8, 4) is 0 Å². The Balaban J connectivity index is 1.09. The molecule has 224 valence electrons. The Hall–Kier alpha value is -3.41. The molecule has 2 aliphatic heterocycles. The first-order chi connectivity index (χ1) is 21.0. The zero-order valence-electron chi connectivity index (χ0n) is 24.9. The predicted molar refractivity (Wildman–Crippen MR) is 173 cm³/mol. The third-order valence-corrected chi connectivity index (χ3v) is 9.74. The van der Waals surface area contributed by atoms with Crippen LogP contribution in [-0.4, -0.2) is 35.3 Å². The third kappa shape index (κ3) is 7.57. The van der Waals surface area contributed by atoms with Crippen molar-refractivity contribution in [3.63, 3.8) is 0 Å². The standard InChI is InChI=1S/C37H42ClN3O2/c38-32-18-13-27(14-19-32)22-33(40-37(43)35-23-29-6-1-2-7-30(29)24-39-35)20-15-26-11-16-28(17-12-26)34-9-4-3-8-31(34)25-41-21-5-10-36(41)42/h1-4,6-9,13-15,18-19,28,33,35,39H,5,10-12,16-17,20-25H2,(H,40,43)/t28?,33-,35+/m0/s1. The maximum Gasteiger partial charge on any atom is 0.237 e. The molecule has 0 bridgehead atoms. The lowest BCUT2D eigenvalue weighted by molar-refractivity contribution is -0.128. The first-order valence-corrected chi connectivity index (χ1v) is 16.3. The van der Waals surface area contributed by atoms with Crippen molar-refractivity contribution in [1.29, 1.82) is 0 Å². The predicted octanol–water partition coefficient (Wildman–Crippen LogP) is 6.88. The van der Waals surface area contributed by atoms with E-state index in [0.29, 0.717) is 18.8 Å². The van der Waals surface area contributed by atoms with Gasteiger partial charge in [0, 0.05) is 37.1 Å². The highest BCUT2D eigenvalue weighted by Gasteiger charge is 2.27. The van der Waals surface area contributed by atoms with Gasteiger partial charge in [-0.05, 0) is 97.2 Å². The molecule has 1 aliphatic carbocycles. The Morgan fingerprint density at radius 1 is 0.977 bits per heavy atom. The fourth-order valence-corrected chi connectivity index (χ4v) is 7.13. The van der Waals surface area contributed by atoms with E-state index in [4.69, 9.17) is 11.6 Å². The molecule has 3 aliphatic rings. The zero-order valence-corrected chi connectivity index (χ0v) is 25.6. The summed E-state index contributed by atoms with van der Waals surface area (Å²) in [4.78, 5) is 27.7. The largest absolute Gasteiger partial charge is 0.351 e. The number of nitrogens with zero attached hydrogens (tertiary/aromatic N) is 1. The number of carbonyl (C=O) groups excluding carboxylic acids is 2. The van der Waals surface area contributed by atoms with Crippen molar-refractivity contribution < 1.29 is 9.59 Å². The molecule has 0 spiro atoms. The zero-order chi connectivity index (χ0) is 29.6. The van der Waals surface area contributed by atoms with Crippen LogP contribution in [0.15, 0.2) is 84.4 Å². The van der Waals surface area contributed by atoms with Crippen molar-refractivity contribution in [2.24, 2.45) is 0 Å². The van der Waals surface area contributed by atoms with Gasteiger partial charge in [0.2, 0.25) is 11.8 Å². The van der Waals surface area contributed by atoms with Crippen LogP contribution in [0.3, 0.4) is 0 Å². The topological polar surface area (TPSA) is 61.4 Å². The van der Waals surface area contributed by atoms with E-state index in [1.165, 1.54) is 33.4 Å². The second-order valence-corrected chi connectivity index (χ2v) is 12.9. The molecule has 2 N–H and O–H groups in total. The summed E-state index contributed by atoms with van der Waals surface area (Å²) in [5, 5.41) is 7.55. The molecular formula is C37H42ClN3O2. The molecule has 2 heterocycles. The number of likely N-dealkylation sites (tertiary alicyclic amines) is 1. The van der Waals surface area contributed by atoms with Gasteiger partial charge in [-0.1, -0.05) is 83.9 Å². The molecule has 2 fully saturated rings. The van der Waals surface area contributed by atoms with Crippen LogP contribution in [0.5, 0.6) is 0 Å². The van der Waals surface area contributed by atoms with Gasteiger partial charge in [0.15, 0.2) is 0 Å². The quantitative estimate of drug-likeness (QED) is 0.265. The number of allylic oxidation sites excluding steroid dienone is 1. The van der Waals surface area contributed by atoms with Crippen LogP contribution < -0.4 is 10.6 Å². The average Bonchev–Trinajstić information content (AvgIpc) is 3.45. The summed E-state index contributed by atoms with van der Waals surface area (Å²) < 4.78 is 0. The van der Waals surface area contributed by atoms with Crippen LogP contribution in [0, 0.1) is 0 Å². The lowest BCUT2D eigenvalue weighted by Crippen LogP contribution is -2.50. The van der Waals surface area contributed by atoms with E-state index in [0.717, 1.165) is 69.6 Å². The molecule has 0 radical (unpaired) electrons. The van der Waals surface area contributed by atoms with Crippen molar-refractivity contribution in [1.82, 2.24) is 15.5 Å². The van der Waals surface area contributed by atoms with Crippen LogP contribution in [0.25, 0.3) is 0 Å². The number of fused-ring (bicyclic) bond motifs is 1. The molecule has 0 unspecified atom stereocenters. The highest BCUT2D eigenvalue weighted by molar-refractivity contribution is 6.30. The van der Waals surface area contributed by atoms with Gasteiger partial charge in [0.25, 0.3) is 0 Å². The van der Waals surface area contributed by atoms with Crippen molar-refractivity contribution in [2.75, 3.05) is 6.54 Å². The molecule has 5 nitrogen and oxygen atoms in total. The van der Waals surface area contributed by atoms with Gasteiger partial charge >= 0.3 is 0 Å². The van der Waals surface area contributed by atoms with Crippen molar-refractivity contribution in [3.05, 3.63) is 117 Å². The lowest BCUT2D eigenvalue weighted by Gasteiger charge is -2.29. The van der Waals surface area contributed by atoms with Gasteiger partial charge in [-0.25, -0.2) is 0 Å². The number of hydrogen-bond acceptors (Lipinski definition) is 3. The highest BCUT2D eigenvalue weighted by atomic mass is 35.5. The van der Waals surface area contributed by atoms with Gasteiger partial charge in [0.05, 0.1) is 6.04 Å². The van der Waals surface area contributed by atoms with Crippen LogP contribution in [0.2, 0.25) is 5.02 Å². The van der Waals surface area contributed by atoms with Gasteiger partial charge in [-0.3, -0.25) is 9.59 Å². The summed E-state index contributed by atoms with van der Waals surface area (Å²) in [7, 11) is 0. The Morgan fingerprint density at radius 2 is 1.72 bits per heavy atom. The monoisotopic (exact) mass is 595 g/mol. The van der Waals surface area contributed by atoms with E-state index in [1.54, 1.807) is 0 Å². The molecule has 2 amide bonds. The van der Waals surface area contributed by atoms with Gasteiger partial charge in [-0.15, -0.1) is 0 Å². The Bertz CT molecular complexity index is 1460. The molecule has 43 heavy (non-hydrogen) atoms. The molecule has 2 atom stereocenters. The summed E-state index contributed by atoms with van der Waals surface area (Å²) in [5.41, 5.74) is 7.91. The minimum Gasteiger partial charge on any atom is -0.351 e. The molecular weight excluding hydrogens is 554 g/mol. The SMILES string of the molecule is O=C(N[C@@H](CC=C1CCC(c2ccccc2CN2CCCC2=O)CC1)Cc1ccc(Cl)cc1)[C@H]1Cc2ccccc2CN1. The smallest absolute Gasteiger partial charge is 0.237 e. The summed E-state index contributed by atoms with van der Waals surface area (Å²) in [6.45, 7) is 2.34. The number of nitrogens with one attached hydrogen (secondary N) is 2. The third-order valence-electron chi connectivity index (χ3n) is 9.49. The van der Waals surface area contributed by atoms with Crippen LogP contribution >= 0.6 is 11.6 Å². The van der Waals surface area contributed by atoms with Gasteiger partial charge < -0.3 is 15.5 Å². The van der Waals surface area contributed by atoms with E-state index >= 15 is 0 Å². The van der Waals surface area contributed by atoms with Crippen LogP contribution in [-0.2, 0) is 35.5 Å². The van der Waals surface area contributed by atoms with Gasteiger partial charge in [0.1, 0.15) is 0 Å². The Morgan fingerprint density at radius 3 is 2.49 bits per heavy atom. The summed E-state index contributed by atoms with van der Waals surface area (Å²) >= 11 is 6.15. The molecule has 1 saturated heterocycles. The second kappa shape index (κ2) is 13.9. The maximum absolute atomic E-state index is 13.4. The van der Waals surface area contributed by atoms with Crippen LogP contribution in [0.4, 0.5) is 0 Å². The summed E-state index contributed by atoms with van der Waals surface area (Å²) in [6.07, 6.45) is 10.7. The number of carbonyl (C=O) groups is 2. The minimum absolute atomic E-state index is 0.0107.